The first kappa shape index (κ1) is 17.0. The molecule has 1 atom stereocenters. The van der Waals surface area contributed by atoms with Gasteiger partial charge in [0, 0.05) is 12.0 Å². The second kappa shape index (κ2) is 7.26. The minimum absolute atomic E-state index is 0.0352. The Morgan fingerprint density at radius 2 is 2.09 bits per heavy atom. The molecule has 23 heavy (non-hydrogen) atoms. The lowest BCUT2D eigenvalue weighted by Gasteiger charge is -2.33. The van der Waals surface area contributed by atoms with Crippen LogP contribution >= 0.6 is 0 Å². The van der Waals surface area contributed by atoms with Crippen molar-refractivity contribution < 1.29 is 23.9 Å². The Bertz CT molecular complexity index is 625. The van der Waals surface area contributed by atoms with Crippen molar-refractivity contribution in [3.63, 3.8) is 0 Å². The van der Waals surface area contributed by atoms with Crippen LogP contribution in [0.2, 0.25) is 0 Å². The number of rotatable bonds is 6. The van der Waals surface area contributed by atoms with Crippen LogP contribution < -0.4 is 9.64 Å². The van der Waals surface area contributed by atoms with Gasteiger partial charge in [0.15, 0.2) is 12.4 Å². The number of carbonyl (C=O) groups is 3. The van der Waals surface area contributed by atoms with Gasteiger partial charge in [-0.25, -0.2) is 4.79 Å². The van der Waals surface area contributed by atoms with Crippen LogP contribution in [0.5, 0.6) is 5.75 Å². The molecule has 0 aromatic heterocycles. The van der Waals surface area contributed by atoms with Crippen molar-refractivity contribution in [1.82, 2.24) is 0 Å². The monoisotopic (exact) mass is 319 g/mol. The highest BCUT2D eigenvalue weighted by Gasteiger charge is 2.34. The van der Waals surface area contributed by atoms with E-state index in [4.69, 9.17) is 9.47 Å². The summed E-state index contributed by atoms with van der Waals surface area (Å²) in [4.78, 5) is 37.6. The predicted octanol–water partition coefficient (Wildman–Crippen LogP) is 2.35. The summed E-state index contributed by atoms with van der Waals surface area (Å²) in [6, 6.07) is 4.14. The first-order chi connectivity index (χ1) is 11.0. The Labute approximate surface area is 135 Å². The van der Waals surface area contributed by atoms with E-state index in [2.05, 4.69) is 0 Å². The highest BCUT2D eigenvalue weighted by Crippen LogP contribution is 2.34. The van der Waals surface area contributed by atoms with Gasteiger partial charge in [-0.05, 0) is 31.5 Å². The maximum atomic E-state index is 12.2. The molecule has 0 radical (unpaired) electrons. The molecule has 1 aliphatic heterocycles. The standard InChI is InChI=1S/C17H21NO5/c1-4-8-22-17(21)11(3)18-13-9-12(14(19)5-2)6-7-15(13)23-10-16(18)20/h6-7,9,11H,4-5,8,10H2,1-3H3. The van der Waals surface area contributed by atoms with E-state index in [0.29, 0.717) is 36.4 Å². The van der Waals surface area contributed by atoms with Crippen LogP contribution in [0.25, 0.3) is 0 Å². The number of carbonyl (C=O) groups excluding carboxylic acids is 3. The minimum atomic E-state index is -0.774. The van der Waals surface area contributed by atoms with Crippen LogP contribution in [-0.2, 0) is 14.3 Å². The van der Waals surface area contributed by atoms with Crippen LogP contribution in [0.15, 0.2) is 18.2 Å². The normalized spacial score (nSPS) is 14.7. The number of ether oxygens (including phenoxy) is 2. The Kier molecular flexibility index (Phi) is 5.36. The number of Topliss-reactive ketones (excluding diaryl/α,β-unsaturated/α-hetero) is 1. The van der Waals surface area contributed by atoms with Crippen LogP contribution in [0.3, 0.4) is 0 Å². The molecule has 0 aliphatic carbocycles. The quantitative estimate of drug-likeness (QED) is 0.594. The van der Waals surface area contributed by atoms with Gasteiger partial charge in [-0.3, -0.25) is 14.5 Å². The maximum Gasteiger partial charge on any atom is 0.328 e. The molecular weight excluding hydrogens is 298 g/mol. The van der Waals surface area contributed by atoms with Crippen LogP contribution in [0.4, 0.5) is 5.69 Å². The summed E-state index contributed by atoms with van der Waals surface area (Å²) in [6.45, 7) is 5.45. The number of hydrogen-bond donors (Lipinski definition) is 0. The largest absolute Gasteiger partial charge is 0.482 e. The molecule has 1 amide bonds. The second-order valence-corrected chi connectivity index (χ2v) is 5.36. The zero-order valence-electron chi connectivity index (χ0n) is 13.6. The Hall–Kier alpha value is -2.37. The van der Waals surface area contributed by atoms with Gasteiger partial charge in [0.25, 0.3) is 5.91 Å². The van der Waals surface area contributed by atoms with Gasteiger partial charge in [-0.2, -0.15) is 0 Å². The third kappa shape index (κ3) is 3.52. The van der Waals surface area contributed by atoms with E-state index in [-0.39, 0.29) is 18.3 Å². The lowest BCUT2D eigenvalue weighted by Crippen LogP contribution is -2.48. The van der Waals surface area contributed by atoms with E-state index >= 15 is 0 Å². The third-order valence-electron chi connectivity index (χ3n) is 3.66. The molecule has 6 nitrogen and oxygen atoms in total. The number of ketones is 1. The zero-order valence-corrected chi connectivity index (χ0v) is 13.6. The van der Waals surface area contributed by atoms with Gasteiger partial charge < -0.3 is 9.47 Å². The highest BCUT2D eigenvalue weighted by atomic mass is 16.5. The molecule has 0 bridgehead atoms. The van der Waals surface area contributed by atoms with Crippen molar-refractivity contribution >= 4 is 23.3 Å². The molecule has 6 heteroatoms. The summed E-state index contributed by atoms with van der Waals surface area (Å²) in [5, 5.41) is 0. The molecule has 0 saturated carbocycles. The first-order valence-electron chi connectivity index (χ1n) is 7.78. The minimum Gasteiger partial charge on any atom is -0.482 e. The molecule has 1 aromatic carbocycles. The molecule has 1 unspecified atom stereocenters. The van der Waals surface area contributed by atoms with Gasteiger partial charge in [-0.1, -0.05) is 13.8 Å². The lowest BCUT2D eigenvalue weighted by atomic mass is 10.1. The molecule has 0 spiro atoms. The number of benzene rings is 1. The van der Waals surface area contributed by atoms with Crippen molar-refractivity contribution in [3.05, 3.63) is 23.8 Å². The van der Waals surface area contributed by atoms with Crippen molar-refractivity contribution in [2.24, 2.45) is 0 Å². The SMILES string of the molecule is CCCOC(=O)C(C)N1C(=O)COc2ccc(C(=O)CC)cc21. The number of hydrogen-bond acceptors (Lipinski definition) is 5. The topological polar surface area (TPSA) is 72.9 Å². The molecule has 0 fully saturated rings. The molecule has 1 aliphatic rings. The summed E-state index contributed by atoms with van der Waals surface area (Å²) in [5.41, 5.74) is 0.921. The van der Waals surface area contributed by atoms with Crippen LogP contribution in [0.1, 0.15) is 44.0 Å². The van der Waals surface area contributed by atoms with Crippen LogP contribution in [0, 0.1) is 0 Å². The Morgan fingerprint density at radius 1 is 1.35 bits per heavy atom. The summed E-state index contributed by atoms with van der Waals surface area (Å²) < 4.78 is 10.5. The average molecular weight is 319 g/mol. The van der Waals surface area contributed by atoms with Crippen molar-refractivity contribution in [2.75, 3.05) is 18.1 Å². The van der Waals surface area contributed by atoms with Gasteiger partial charge in [-0.15, -0.1) is 0 Å². The van der Waals surface area contributed by atoms with Crippen LogP contribution in [-0.4, -0.2) is 36.9 Å². The second-order valence-electron chi connectivity index (χ2n) is 5.36. The summed E-state index contributed by atoms with van der Waals surface area (Å²) in [5.74, 6) is -0.362. The van der Waals surface area contributed by atoms with E-state index < -0.39 is 12.0 Å². The predicted molar refractivity (Wildman–Crippen MR) is 84.8 cm³/mol. The molecular formula is C17H21NO5. The number of amides is 1. The van der Waals surface area contributed by atoms with E-state index in [9.17, 15) is 14.4 Å². The fraction of sp³-hybridized carbons (Fsp3) is 0.471. The molecule has 0 N–H and O–H groups in total. The van der Waals surface area contributed by atoms with E-state index in [1.165, 1.54) is 4.90 Å². The Morgan fingerprint density at radius 3 is 2.74 bits per heavy atom. The van der Waals surface area contributed by atoms with E-state index in [0.717, 1.165) is 0 Å². The molecule has 124 valence electrons. The molecule has 0 saturated heterocycles. The van der Waals surface area contributed by atoms with Crippen molar-refractivity contribution in [2.45, 2.75) is 39.7 Å². The fourth-order valence-electron chi connectivity index (χ4n) is 2.40. The molecule has 1 heterocycles. The summed E-state index contributed by atoms with van der Waals surface area (Å²) in [6.07, 6.45) is 1.07. The summed E-state index contributed by atoms with van der Waals surface area (Å²) in [7, 11) is 0. The lowest BCUT2D eigenvalue weighted by molar-refractivity contribution is -0.146. The highest BCUT2D eigenvalue weighted by molar-refractivity contribution is 6.04. The smallest absolute Gasteiger partial charge is 0.328 e. The number of anilines is 1. The Balaban J connectivity index is 2.36. The maximum absolute atomic E-state index is 12.2. The number of nitrogens with zero attached hydrogens (tertiary/aromatic N) is 1. The van der Waals surface area contributed by atoms with Gasteiger partial charge in [0.05, 0.1) is 12.3 Å². The molecule has 2 rings (SSSR count). The molecule has 1 aromatic rings. The first-order valence-corrected chi connectivity index (χ1v) is 7.78. The fourth-order valence-corrected chi connectivity index (χ4v) is 2.40. The summed E-state index contributed by atoms with van der Waals surface area (Å²) >= 11 is 0. The van der Waals surface area contributed by atoms with Gasteiger partial charge in [0.1, 0.15) is 11.8 Å². The third-order valence-corrected chi connectivity index (χ3v) is 3.66. The number of esters is 1. The zero-order chi connectivity index (χ0) is 17.0. The van der Waals surface area contributed by atoms with Crippen molar-refractivity contribution in [3.8, 4) is 5.75 Å². The average Bonchev–Trinajstić information content (AvgIpc) is 2.57. The number of fused-ring (bicyclic) bond motifs is 1. The van der Waals surface area contributed by atoms with E-state index in [1.54, 1.807) is 32.0 Å². The van der Waals surface area contributed by atoms with Gasteiger partial charge in [0.2, 0.25) is 0 Å². The van der Waals surface area contributed by atoms with Gasteiger partial charge >= 0.3 is 5.97 Å². The van der Waals surface area contributed by atoms with Crippen molar-refractivity contribution in [1.29, 1.82) is 0 Å². The van der Waals surface area contributed by atoms with E-state index in [1.807, 2.05) is 6.92 Å².